The maximum atomic E-state index is 14.1. The van der Waals surface area contributed by atoms with Crippen molar-refractivity contribution >= 4 is 23.2 Å². The fraction of sp³-hybridized carbons (Fsp3) is 0.259. The van der Waals surface area contributed by atoms with Gasteiger partial charge in [0.1, 0.15) is 11.2 Å². The summed E-state index contributed by atoms with van der Waals surface area (Å²) in [5.41, 5.74) is 3.83. The first-order chi connectivity index (χ1) is 15.7. The zero-order valence-electron chi connectivity index (χ0n) is 19.1. The fourth-order valence-electron chi connectivity index (χ4n) is 5.32. The lowest BCUT2D eigenvalue weighted by Crippen LogP contribution is -2.41. The molecule has 0 aliphatic carbocycles. The molecule has 168 valence electrons. The van der Waals surface area contributed by atoms with Crippen LogP contribution < -0.4 is 9.96 Å². The predicted molar refractivity (Wildman–Crippen MR) is 126 cm³/mol. The molecule has 0 aromatic heterocycles. The highest BCUT2D eigenvalue weighted by Crippen LogP contribution is 2.56. The van der Waals surface area contributed by atoms with E-state index in [1.165, 1.54) is 4.90 Å². The van der Waals surface area contributed by atoms with E-state index in [-0.39, 0.29) is 17.6 Å². The molecule has 3 unspecified atom stereocenters. The lowest BCUT2D eigenvalue weighted by molar-refractivity contribution is -0.128. The lowest BCUT2D eigenvalue weighted by atomic mass is 9.76. The summed E-state index contributed by atoms with van der Waals surface area (Å²) in [6.45, 7) is 7.63. The van der Waals surface area contributed by atoms with Gasteiger partial charge < -0.3 is 5.11 Å². The van der Waals surface area contributed by atoms with Crippen molar-refractivity contribution in [1.29, 1.82) is 0 Å². The average Bonchev–Trinajstić information content (AvgIpc) is 3.19. The number of hydroxylamine groups is 1. The van der Waals surface area contributed by atoms with Crippen LogP contribution in [0.2, 0.25) is 0 Å². The summed E-state index contributed by atoms with van der Waals surface area (Å²) in [6, 6.07) is 19.6. The van der Waals surface area contributed by atoms with Gasteiger partial charge in [-0.1, -0.05) is 48.0 Å². The van der Waals surface area contributed by atoms with Crippen molar-refractivity contribution in [2.24, 2.45) is 5.41 Å². The highest BCUT2D eigenvalue weighted by molar-refractivity contribution is 6.26. The SMILES string of the molecule is Cc1cc(C)c(N2C(=O)C3ON(c4ccccc4)C(c4ccc(O)cc4)C3(C)C2=O)c(C)c1. The maximum Gasteiger partial charge on any atom is 0.266 e. The standard InChI is InChI=1S/C27H26N2O4/c1-16-14-17(2)22(18(3)15-16)28-25(31)24-27(4,26(28)32)23(19-10-12-21(30)13-11-19)29(33-24)20-8-6-5-7-9-20/h5-15,23-24,30H,1-4H3. The van der Waals surface area contributed by atoms with E-state index in [9.17, 15) is 14.7 Å². The predicted octanol–water partition coefficient (Wildman–Crippen LogP) is 4.76. The van der Waals surface area contributed by atoms with Crippen LogP contribution in [0, 0.1) is 26.2 Å². The van der Waals surface area contributed by atoms with Crippen LogP contribution >= 0.6 is 0 Å². The molecule has 0 bridgehead atoms. The number of phenolic OH excluding ortho intramolecular Hbond substituents is 1. The van der Waals surface area contributed by atoms with Gasteiger partial charge in [0.15, 0.2) is 6.10 Å². The Hall–Kier alpha value is -3.64. The zero-order valence-corrected chi connectivity index (χ0v) is 19.1. The number of rotatable bonds is 3. The number of imide groups is 1. The molecule has 33 heavy (non-hydrogen) atoms. The Morgan fingerprint density at radius 1 is 0.909 bits per heavy atom. The second-order valence-corrected chi connectivity index (χ2v) is 9.15. The van der Waals surface area contributed by atoms with Gasteiger partial charge in [0.25, 0.3) is 5.91 Å². The summed E-state index contributed by atoms with van der Waals surface area (Å²) in [6.07, 6.45) is -0.968. The third-order valence-electron chi connectivity index (χ3n) is 6.75. The van der Waals surface area contributed by atoms with Gasteiger partial charge in [-0.15, -0.1) is 0 Å². The van der Waals surface area contributed by atoms with E-state index in [2.05, 4.69) is 0 Å². The lowest BCUT2D eigenvalue weighted by Gasteiger charge is -2.33. The Morgan fingerprint density at radius 2 is 1.52 bits per heavy atom. The average molecular weight is 443 g/mol. The van der Waals surface area contributed by atoms with Crippen molar-refractivity contribution < 1.29 is 19.5 Å². The minimum atomic E-state index is -1.16. The van der Waals surface area contributed by atoms with Crippen molar-refractivity contribution in [2.75, 3.05) is 9.96 Å². The zero-order chi connectivity index (χ0) is 23.5. The molecule has 6 heteroatoms. The van der Waals surface area contributed by atoms with E-state index in [1.54, 1.807) is 36.3 Å². The third kappa shape index (κ3) is 3.05. The number of amides is 2. The number of carbonyl (C=O) groups excluding carboxylic acids is 2. The van der Waals surface area contributed by atoms with Crippen molar-refractivity contribution in [2.45, 2.75) is 39.8 Å². The number of aryl methyl sites for hydroxylation is 3. The number of hydrogen-bond acceptors (Lipinski definition) is 5. The highest BCUT2D eigenvalue weighted by atomic mass is 16.7. The molecule has 0 spiro atoms. The molecule has 1 N–H and O–H groups in total. The number of carbonyl (C=O) groups is 2. The Balaban J connectivity index is 1.66. The minimum Gasteiger partial charge on any atom is -0.508 e. The number of phenols is 1. The van der Waals surface area contributed by atoms with Gasteiger partial charge in [-0.05, 0) is 68.7 Å². The first-order valence-electron chi connectivity index (χ1n) is 11.0. The van der Waals surface area contributed by atoms with Crippen LogP contribution in [0.3, 0.4) is 0 Å². The Labute approximate surface area is 193 Å². The Morgan fingerprint density at radius 3 is 2.12 bits per heavy atom. The van der Waals surface area contributed by atoms with E-state index >= 15 is 0 Å². The van der Waals surface area contributed by atoms with E-state index in [4.69, 9.17) is 4.84 Å². The molecule has 2 fully saturated rings. The van der Waals surface area contributed by atoms with Crippen LogP contribution in [-0.4, -0.2) is 23.0 Å². The molecule has 3 atom stereocenters. The van der Waals surface area contributed by atoms with Gasteiger partial charge in [0.05, 0.1) is 17.4 Å². The minimum absolute atomic E-state index is 0.131. The molecular weight excluding hydrogens is 416 g/mol. The summed E-state index contributed by atoms with van der Waals surface area (Å²) in [5, 5.41) is 11.5. The van der Waals surface area contributed by atoms with E-state index < -0.39 is 17.6 Å². The number of aromatic hydroxyl groups is 1. The Kier molecular flexibility index (Phi) is 4.79. The molecule has 6 nitrogen and oxygen atoms in total. The van der Waals surface area contributed by atoms with Crippen LogP contribution in [0.5, 0.6) is 5.75 Å². The molecule has 0 saturated carbocycles. The molecule has 2 amide bonds. The largest absolute Gasteiger partial charge is 0.508 e. The summed E-state index contributed by atoms with van der Waals surface area (Å²) < 4.78 is 0. The van der Waals surface area contributed by atoms with Crippen LogP contribution in [0.15, 0.2) is 66.7 Å². The summed E-state index contributed by atoms with van der Waals surface area (Å²) in [4.78, 5) is 35.4. The Bertz CT molecular complexity index is 1230. The molecule has 2 saturated heterocycles. The first-order valence-corrected chi connectivity index (χ1v) is 11.0. The maximum absolute atomic E-state index is 14.1. The highest BCUT2D eigenvalue weighted by Gasteiger charge is 2.68. The number of nitrogens with zero attached hydrogens (tertiary/aromatic N) is 2. The summed E-state index contributed by atoms with van der Waals surface area (Å²) in [5.74, 6) is -0.518. The molecule has 3 aromatic carbocycles. The van der Waals surface area contributed by atoms with Gasteiger partial charge >= 0.3 is 0 Å². The monoisotopic (exact) mass is 442 g/mol. The number of fused-ring (bicyclic) bond motifs is 1. The second-order valence-electron chi connectivity index (χ2n) is 9.15. The number of hydrogen-bond donors (Lipinski definition) is 1. The quantitative estimate of drug-likeness (QED) is 0.593. The molecule has 5 rings (SSSR count). The topological polar surface area (TPSA) is 70.1 Å². The van der Waals surface area contributed by atoms with Gasteiger partial charge in [-0.25, -0.2) is 9.96 Å². The van der Waals surface area contributed by atoms with E-state index in [1.807, 2.05) is 63.2 Å². The van der Waals surface area contributed by atoms with Gasteiger partial charge in [0.2, 0.25) is 5.91 Å². The van der Waals surface area contributed by atoms with Crippen molar-refractivity contribution in [3.8, 4) is 5.75 Å². The molecule has 2 aliphatic heterocycles. The van der Waals surface area contributed by atoms with Crippen LogP contribution in [0.25, 0.3) is 0 Å². The smallest absolute Gasteiger partial charge is 0.266 e. The fourth-order valence-corrected chi connectivity index (χ4v) is 5.32. The van der Waals surface area contributed by atoms with Crippen LogP contribution in [0.4, 0.5) is 11.4 Å². The van der Waals surface area contributed by atoms with Gasteiger partial charge in [-0.2, -0.15) is 0 Å². The number of para-hydroxylation sites is 1. The molecule has 3 aromatic rings. The summed E-state index contributed by atoms with van der Waals surface area (Å²) in [7, 11) is 0. The van der Waals surface area contributed by atoms with Crippen LogP contribution in [-0.2, 0) is 14.4 Å². The molecule has 2 heterocycles. The van der Waals surface area contributed by atoms with Gasteiger partial charge in [-0.3, -0.25) is 14.4 Å². The second kappa shape index (κ2) is 7.46. The van der Waals surface area contributed by atoms with Crippen LogP contribution in [0.1, 0.15) is 35.2 Å². The van der Waals surface area contributed by atoms with E-state index in [0.717, 1.165) is 27.9 Å². The van der Waals surface area contributed by atoms with Crippen molar-refractivity contribution in [1.82, 2.24) is 0 Å². The first kappa shape index (κ1) is 21.2. The van der Waals surface area contributed by atoms with Gasteiger partial charge in [0, 0.05) is 0 Å². The number of anilines is 2. The third-order valence-corrected chi connectivity index (χ3v) is 6.75. The molecule has 2 aliphatic rings. The molecular formula is C27H26N2O4. The number of benzene rings is 3. The normalized spacial score (nSPS) is 24.5. The van der Waals surface area contributed by atoms with Crippen molar-refractivity contribution in [3.63, 3.8) is 0 Å². The van der Waals surface area contributed by atoms with Crippen molar-refractivity contribution in [3.05, 3.63) is 89.0 Å². The van der Waals surface area contributed by atoms with E-state index in [0.29, 0.717) is 5.69 Å². The molecule has 0 radical (unpaired) electrons. The summed E-state index contributed by atoms with van der Waals surface area (Å²) >= 11 is 0.